The molecule has 9 atom stereocenters. The van der Waals surface area contributed by atoms with Crippen molar-refractivity contribution < 1.29 is 33.4 Å². The molecule has 36 heavy (non-hydrogen) atoms. The third kappa shape index (κ3) is 2.57. The molecule has 8 heteroatoms. The number of alkyl halides is 2. The van der Waals surface area contributed by atoms with E-state index < -0.39 is 63.9 Å². The summed E-state index contributed by atoms with van der Waals surface area (Å²) in [6.45, 7) is 5.54. The summed E-state index contributed by atoms with van der Waals surface area (Å²) in [5, 5.41) is 23.7. The van der Waals surface area contributed by atoms with Gasteiger partial charge in [0.15, 0.2) is 11.5 Å². The van der Waals surface area contributed by atoms with Gasteiger partial charge in [-0.3, -0.25) is 14.7 Å². The lowest BCUT2D eigenvalue weighted by atomic mass is 9.44. The number of aliphatic hydroxyl groups is 1. The summed E-state index contributed by atoms with van der Waals surface area (Å²) in [7, 11) is 0. The smallest absolute Gasteiger partial charge is 0.339 e. The monoisotopic (exact) mass is 499 g/mol. The fourth-order valence-corrected chi connectivity index (χ4v) is 8.60. The second kappa shape index (κ2) is 7.25. The standard InChI is InChI=1S/C28H31F2NO5/c1-15-6-4-5-7-22(15)31-14-16-10-18-19-12-21(29)20-11-17(32)8-9-25(20,2)27(19,30)23(33)13-26(18,3)28(16,36-31)24(34)35/h4-9,11,16,18-19,21,23,33H,10,12-14H2,1-3H3,(H,34,35)/t16?,18-,19-,21-,23-,25-,26-,27-,28-/m0/s1. The lowest BCUT2D eigenvalue weighted by Gasteiger charge is -2.62. The van der Waals surface area contributed by atoms with Gasteiger partial charge in [-0.25, -0.2) is 13.6 Å². The molecule has 1 aromatic carbocycles. The van der Waals surface area contributed by atoms with Crippen LogP contribution in [0.15, 0.2) is 48.1 Å². The summed E-state index contributed by atoms with van der Waals surface area (Å²) in [4.78, 5) is 31.4. The highest BCUT2D eigenvalue weighted by Gasteiger charge is 2.80. The number of aryl methyl sites for hydroxylation is 1. The molecule has 1 aromatic rings. The molecule has 1 unspecified atom stereocenters. The molecule has 1 heterocycles. The lowest BCUT2D eigenvalue weighted by Crippen LogP contribution is -2.70. The van der Waals surface area contributed by atoms with Crippen LogP contribution in [0.25, 0.3) is 0 Å². The number of hydrogen-bond donors (Lipinski definition) is 2. The number of hydroxylamine groups is 1. The van der Waals surface area contributed by atoms with Gasteiger partial charge in [0.1, 0.15) is 6.17 Å². The van der Waals surface area contributed by atoms with Crippen LogP contribution in [0.1, 0.15) is 38.7 Å². The predicted octanol–water partition coefficient (Wildman–Crippen LogP) is 4.11. The molecule has 6 nitrogen and oxygen atoms in total. The number of carbonyl (C=O) groups is 2. The number of allylic oxidation sites excluding steroid dienone is 4. The third-order valence-corrected chi connectivity index (χ3v) is 10.3. The van der Waals surface area contributed by atoms with Crippen molar-refractivity contribution in [1.29, 1.82) is 0 Å². The number of aliphatic carboxylic acids is 1. The molecule has 6 rings (SSSR count). The van der Waals surface area contributed by atoms with Gasteiger partial charge in [0, 0.05) is 22.7 Å². The second-order valence-corrected chi connectivity index (χ2v) is 11.8. The Bertz CT molecular complexity index is 1230. The van der Waals surface area contributed by atoms with Gasteiger partial charge in [0.05, 0.1) is 18.3 Å². The van der Waals surface area contributed by atoms with E-state index in [-0.39, 0.29) is 18.4 Å². The molecule has 0 spiro atoms. The minimum Gasteiger partial charge on any atom is -0.479 e. The largest absolute Gasteiger partial charge is 0.479 e. The first-order chi connectivity index (χ1) is 16.9. The maximum absolute atomic E-state index is 17.3. The van der Waals surface area contributed by atoms with Crippen LogP contribution < -0.4 is 5.06 Å². The third-order valence-electron chi connectivity index (χ3n) is 10.3. The molecule has 4 fully saturated rings. The van der Waals surface area contributed by atoms with Crippen molar-refractivity contribution in [1.82, 2.24) is 0 Å². The van der Waals surface area contributed by atoms with E-state index in [1.54, 1.807) is 18.9 Å². The number of carboxylic acids is 1. The van der Waals surface area contributed by atoms with Crippen molar-refractivity contribution >= 4 is 17.4 Å². The lowest BCUT2D eigenvalue weighted by molar-refractivity contribution is -0.233. The van der Waals surface area contributed by atoms with Crippen molar-refractivity contribution in [2.75, 3.05) is 11.6 Å². The summed E-state index contributed by atoms with van der Waals surface area (Å²) in [5.41, 5.74) is -4.78. The van der Waals surface area contributed by atoms with Gasteiger partial charge in [0.2, 0.25) is 5.60 Å². The first-order valence-electron chi connectivity index (χ1n) is 12.6. The van der Waals surface area contributed by atoms with E-state index in [2.05, 4.69) is 0 Å². The Morgan fingerprint density at radius 2 is 1.92 bits per heavy atom. The number of para-hydroxylation sites is 1. The SMILES string of the molecule is Cc1ccccc1N1CC2C[C@H]3[C@@H]4C[C@H](F)C5=CC(=O)C=C[C@]5(C)[C@@]4(F)[C@@H](O)C[C@]3(C)[C@]2(C(=O)O)O1. The van der Waals surface area contributed by atoms with Gasteiger partial charge in [0.25, 0.3) is 0 Å². The number of rotatable bonds is 2. The highest BCUT2D eigenvalue weighted by molar-refractivity contribution is 6.01. The van der Waals surface area contributed by atoms with Crippen molar-refractivity contribution in [2.24, 2.45) is 28.6 Å². The Hall–Kier alpha value is -2.58. The quantitative estimate of drug-likeness (QED) is 0.637. The van der Waals surface area contributed by atoms with Crippen LogP contribution in [0.4, 0.5) is 14.5 Å². The Kier molecular flexibility index (Phi) is 4.80. The molecule has 0 bridgehead atoms. The van der Waals surface area contributed by atoms with Crippen LogP contribution in [-0.2, 0) is 14.4 Å². The molecule has 0 aromatic heterocycles. The highest BCUT2D eigenvalue weighted by atomic mass is 19.1. The Morgan fingerprint density at radius 1 is 1.19 bits per heavy atom. The highest BCUT2D eigenvalue weighted by Crippen LogP contribution is 2.72. The summed E-state index contributed by atoms with van der Waals surface area (Å²) in [6.07, 6.45) is 0.677. The van der Waals surface area contributed by atoms with Crippen molar-refractivity contribution in [3.8, 4) is 0 Å². The number of fused-ring (bicyclic) bond motifs is 7. The molecular weight excluding hydrogens is 468 g/mol. The zero-order valence-electron chi connectivity index (χ0n) is 20.6. The number of anilines is 1. The summed E-state index contributed by atoms with van der Waals surface area (Å²) in [5.74, 6) is -3.46. The maximum atomic E-state index is 17.3. The zero-order valence-corrected chi connectivity index (χ0v) is 20.6. The topological polar surface area (TPSA) is 87.1 Å². The summed E-state index contributed by atoms with van der Waals surface area (Å²) < 4.78 is 32.9. The van der Waals surface area contributed by atoms with E-state index in [0.29, 0.717) is 13.0 Å². The van der Waals surface area contributed by atoms with Crippen molar-refractivity contribution in [3.63, 3.8) is 0 Å². The Labute approximate surface area is 208 Å². The summed E-state index contributed by atoms with van der Waals surface area (Å²) in [6, 6.07) is 7.54. The van der Waals surface area contributed by atoms with E-state index in [4.69, 9.17) is 4.84 Å². The molecule has 1 saturated heterocycles. The number of hydrogen-bond acceptors (Lipinski definition) is 5. The number of carboxylic acid groups (broad SMARTS) is 1. The minimum absolute atomic E-state index is 0.0597. The average Bonchev–Trinajstić information content (AvgIpc) is 3.31. The van der Waals surface area contributed by atoms with Crippen LogP contribution in [0.5, 0.6) is 0 Å². The van der Waals surface area contributed by atoms with Gasteiger partial charge in [-0.15, -0.1) is 0 Å². The number of ketones is 1. The molecule has 4 aliphatic carbocycles. The normalized spacial score (nSPS) is 47.1. The van der Waals surface area contributed by atoms with E-state index in [9.17, 15) is 19.8 Å². The molecule has 0 amide bonds. The number of halogens is 2. The van der Waals surface area contributed by atoms with Gasteiger partial charge >= 0.3 is 5.97 Å². The van der Waals surface area contributed by atoms with E-state index in [0.717, 1.165) is 17.3 Å². The predicted molar refractivity (Wildman–Crippen MR) is 127 cm³/mol. The van der Waals surface area contributed by atoms with E-state index in [1.807, 2.05) is 31.2 Å². The Balaban J connectivity index is 1.45. The summed E-state index contributed by atoms with van der Waals surface area (Å²) >= 11 is 0. The van der Waals surface area contributed by atoms with E-state index >= 15 is 8.78 Å². The van der Waals surface area contributed by atoms with Gasteiger partial charge in [-0.05, 0) is 68.4 Å². The fraction of sp³-hybridized carbons (Fsp3) is 0.571. The molecule has 0 radical (unpaired) electrons. The van der Waals surface area contributed by atoms with Gasteiger partial charge in [-0.1, -0.05) is 31.2 Å². The molecule has 2 N–H and O–H groups in total. The van der Waals surface area contributed by atoms with Gasteiger partial charge < -0.3 is 10.2 Å². The van der Waals surface area contributed by atoms with Crippen LogP contribution in [0.3, 0.4) is 0 Å². The Morgan fingerprint density at radius 3 is 2.61 bits per heavy atom. The molecular formula is C28H31F2NO5. The minimum atomic E-state index is -2.24. The first kappa shape index (κ1) is 23.8. The molecule has 1 aliphatic heterocycles. The van der Waals surface area contributed by atoms with E-state index in [1.165, 1.54) is 12.2 Å². The number of carbonyl (C=O) groups excluding carboxylic acids is 1. The number of aliphatic hydroxyl groups excluding tert-OH is 1. The molecule has 3 saturated carbocycles. The number of nitrogens with zero attached hydrogens (tertiary/aromatic N) is 1. The zero-order chi connectivity index (χ0) is 25.8. The van der Waals surface area contributed by atoms with Crippen LogP contribution in [0.2, 0.25) is 0 Å². The maximum Gasteiger partial charge on any atom is 0.339 e. The first-order valence-corrected chi connectivity index (χ1v) is 12.6. The fourth-order valence-electron chi connectivity index (χ4n) is 8.60. The molecule has 192 valence electrons. The second-order valence-electron chi connectivity index (χ2n) is 11.8. The van der Waals surface area contributed by atoms with Crippen LogP contribution >= 0.6 is 0 Å². The van der Waals surface area contributed by atoms with Crippen molar-refractivity contribution in [3.05, 3.63) is 53.6 Å². The average molecular weight is 500 g/mol. The van der Waals surface area contributed by atoms with Crippen LogP contribution in [-0.4, -0.2) is 52.1 Å². The van der Waals surface area contributed by atoms with Gasteiger partial charge in [-0.2, -0.15) is 0 Å². The number of benzene rings is 1. The molecule has 5 aliphatic rings. The van der Waals surface area contributed by atoms with Crippen molar-refractivity contribution in [2.45, 2.75) is 63.6 Å². The van der Waals surface area contributed by atoms with Crippen LogP contribution in [0, 0.1) is 35.5 Å².